The quantitative estimate of drug-likeness (QED) is 0.902. The predicted octanol–water partition coefficient (Wildman–Crippen LogP) is 1.28. The maximum absolute atomic E-state index is 10.6. The van der Waals surface area contributed by atoms with E-state index in [1.54, 1.807) is 0 Å². The molecule has 1 saturated carbocycles. The van der Waals surface area contributed by atoms with Gasteiger partial charge in [0.1, 0.15) is 5.82 Å². The molecule has 2 heterocycles. The van der Waals surface area contributed by atoms with Crippen LogP contribution in [0, 0.1) is 6.92 Å². The van der Waals surface area contributed by atoms with Crippen molar-refractivity contribution in [2.45, 2.75) is 38.2 Å². The van der Waals surface area contributed by atoms with Gasteiger partial charge in [0.05, 0.1) is 5.60 Å². The minimum Gasteiger partial charge on any atom is -0.389 e. The zero-order valence-electron chi connectivity index (χ0n) is 14.6. The van der Waals surface area contributed by atoms with Crippen LogP contribution in [0.15, 0.2) is 6.07 Å². The first-order chi connectivity index (χ1) is 11.0. The van der Waals surface area contributed by atoms with Crippen LogP contribution >= 0.6 is 0 Å². The van der Waals surface area contributed by atoms with Crippen molar-refractivity contribution in [1.29, 1.82) is 0 Å². The summed E-state index contributed by atoms with van der Waals surface area (Å²) < 4.78 is 0. The Labute approximate surface area is 139 Å². The SMILES string of the molecule is Cc1cc(N(C)C)nc(N2CCN(CC3(O)CCCC3)CC2)n1. The van der Waals surface area contributed by atoms with Gasteiger partial charge in [0.15, 0.2) is 0 Å². The molecule has 2 fully saturated rings. The van der Waals surface area contributed by atoms with Crippen LogP contribution in [0.25, 0.3) is 0 Å². The van der Waals surface area contributed by atoms with Crippen molar-refractivity contribution in [1.82, 2.24) is 14.9 Å². The molecule has 3 rings (SSSR count). The number of anilines is 2. The molecule has 1 N–H and O–H groups in total. The Morgan fingerprint density at radius 2 is 1.78 bits per heavy atom. The molecule has 0 aromatic carbocycles. The summed E-state index contributed by atoms with van der Waals surface area (Å²) in [6.07, 6.45) is 4.25. The van der Waals surface area contributed by atoms with E-state index >= 15 is 0 Å². The molecule has 0 amide bonds. The van der Waals surface area contributed by atoms with Crippen molar-refractivity contribution < 1.29 is 5.11 Å². The molecule has 2 aliphatic rings. The fourth-order valence-electron chi connectivity index (χ4n) is 3.62. The highest BCUT2D eigenvalue weighted by Gasteiger charge is 2.34. The first-order valence-corrected chi connectivity index (χ1v) is 8.68. The number of nitrogens with zero attached hydrogens (tertiary/aromatic N) is 5. The Kier molecular flexibility index (Phi) is 4.73. The Morgan fingerprint density at radius 1 is 1.13 bits per heavy atom. The van der Waals surface area contributed by atoms with Gasteiger partial charge < -0.3 is 14.9 Å². The third-order valence-electron chi connectivity index (χ3n) is 4.99. The van der Waals surface area contributed by atoms with Crippen LogP contribution in [-0.4, -0.2) is 72.4 Å². The lowest BCUT2D eigenvalue weighted by Gasteiger charge is -2.38. The van der Waals surface area contributed by atoms with Crippen LogP contribution < -0.4 is 9.80 Å². The summed E-state index contributed by atoms with van der Waals surface area (Å²) in [6.45, 7) is 6.62. The molecule has 1 aliphatic carbocycles. The molecule has 0 unspecified atom stereocenters. The highest BCUT2D eigenvalue weighted by molar-refractivity contribution is 5.45. The number of hydrogen-bond acceptors (Lipinski definition) is 6. The van der Waals surface area contributed by atoms with Gasteiger partial charge in [-0.3, -0.25) is 4.90 Å². The average Bonchev–Trinajstić information content (AvgIpc) is 2.93. The third-order valence-corrected chi connectivity index (χ3v) is 4.99. The molecule has 1 saturated heterocycles. The number of aliphatic hydroxyl groups is 1. The lowest BCUT2D eigenvalue weighted by atomic mass is 10.0. The third kappa shape index (κ3) is 3.93. The van der Waals surface area contributed by atoms with Crippen LogP contribution in [0.2, 0.25) is 0 Å². The summed E-state index contributed by atoms with van der Waals surface area (Å²) in [5, 5.41) is 10.6. The highest BCUT2D eigenvalue weighted by atomic mass is 16.3. The van der Waals surface area contributed by atoms with Gasteiger partial charge in [0.25, 0.3) is 0 Å². The van der Waals surface area contributed by atoms with Gasteiger partial charge in [-0.25, -0.2) is 4.98 Å². The molecule has 1 aromatic heterocycles. The number of hydrogen-bond donors (Lipinski definition) is 1. The highest BCUT2D eigenvalue weighted by Crippen LogP contribution is 2.30. The number of piperazine rings is 1. The summed E-state index contributed by atoms with van der Waals surface area (Å²) in [7, 11) is 4.01. The summed E-state index contributed by atoms with van der Waals surface area (Å²) in [5.74, 6) is 1.78. The fraction of sp³-hybridized carbons (Fsp3) is 0.765. The first-order valence-electron chi connectivity index (χ1n) is 8.68. The number of aryl methyl sites for hydroxylation is 1. The normalized spacial score (nSPS) is 21.7. The van der Waals surface area contributed by atoms with Gasteiger partial charge in [0, 0.05) is 58.6 Å². The van der Waals surface area contributed by atoms with E-state index in [1.165, 1.54) is 12.8 Å². The Balaban J connectivity index is 1.60. The van der Waals surface area contributed by atoms with E-state index in [2.05, 4.69) is 19.8 Å². The van der Waals surface area contributed by atoms with Crippen LogP contribution in [0.4, 0.5) is 11.8 Å². The van der Waals surface area contributed by atoms with E-state index in [4.69, 9.17) is 0 Å². The first kappa shape index (κ1) is 16.5. The maximum Gasteiger partial charge on any atom is 0.227 e. The molecule has 0 atom stereocenters. The van der Waals surface area contributed by atoms with E-state index in [0.717, 1.165) is 63.0 Å². The van der Waals surface area contributed by atoms with Gasteiger partial charge >= 0.3 is 0 Å². The van der Waals surface area contributed by atoms with Gasteiger partial charge in [-0.2, -0.15) is 4.98 Å². The van der Waals surface area contributed by atoms with Crippen molar-refractivity contribution in [2.24, 2.45) is 0 Å². The average molecular weight is 319 g/mol. The number of aromatic nitrogens is 2. The van der Waals surface area contributed by atoms with Crippen molar-refractivity contribution in [3.8, 4) is 0 Å². The van der Waals surface area contributed by atoms with E-state index in [-0.39, 0.29) is 0 Å². The zero-order valence-corrected chi connectivity index (χ0v) is 14.6. The minimum atomic E-state index is -0.444. The summed E-state index contributed by atoms with van der Waals surface area (Å²) in [6, 6.07) is 2.01. The standard InChI is InChI=1S/C17H29N5O/c1-14-12-15(20(2)3)19-16(18-14)22-10-8-21(9-11-22)13-17(23)6-4-5-7-17/h12,23H,4-11,13H2,1-3H3. The van der Waals surface area contributed by atoms with Gasteiger partial charge in [-0.15, -0.1) is 0 Å². The van der Waals surface area contributed by atoms with E-state index in [0.29, 0.717) is 0 Å². The minimum absolute atomic E-state index is 0.444. The molecule has 1 aliphatic heterocycles. The summed E-state index contributed by atoms with van der Waals surface area (Å²) in [5.41, 5.74) is 0.557. The molecule has 6 nitrogen and oxygen atoms in total. The molecule has 0 bridgehead atoms. The molecular weight excluding hydrogens is 290 g/mol. The topological polar surface area (TPSA) is 55.7 Å². The molecule has 0 spiro atoms. The summed E-state index contributed by atoms with van der Waals surface area (Å²) >= 11 is 0. The maximum atomic E-state index is 10.6. The van der Waals surface area contributed by atoms with Crippen LogP contribution in [0.3, 0.4) is 0 Å². The Morgan fingerprint density at radius 3 is 2.39 bits per heavy atom. The zero-order chi connectivity index (χ0) is 16.4. The van der Waals surface area contributed by atoms with Gasteiger partial charge in [-0.1, -0.05) is 12.8 Å². The van der Waals surface area contributed by atoms with Gasteiger partial charge in [-0.05, 0) is 19.8 Å². The molecule has 0 radical (unpaired) electrons. The molecular formula is C17H29N5O. The fourth-order valence-corrected chi connectivity index (χ4v) is 3.62. The largest absolute Gasteiger partial charge is 0.389 e. The Bertz CT molecular complexity index is 534. The van der Waals surface area contributed by atoms with Crippen LogP contribution in [0.1, 0.15) is 31.4 Å². The molecule has 128 valence electrons. The Hall–Kier alpha value is -1.40. The van der Waals surface area contributed by atoms with E-state index < -0.39 is 5.60 Å². The second-order valence-electron chi connectivity index (χ2n) is 7.26. The van der Waals surface area contributed by atoms with Gasteiger partial charge in [0.2, 0.25) is 5.95 Å². The molecule has 23 heavy (non-hydrogen) atoms. The van der Waals surface area contributed by atoms with Crippen molar-refractivity contribution >= 4 is 11.8 Å². The molecule has 1 aromatic rings. The lowest BCUT2D eigenvalue weighted by molar-refractivity contribution is 0.00796. The lowest BCUT2D eigenvalue weighted by Crippen LogP contribution is -2.51. The summed E-state index contributed by atoms with van der Waals surface area (Å²) in [4.78, 5) is 15.9. The second kappa shape index (κ2) is 6.61. The molecule has 6 heteroatoms. The number of rotatable bonds is 4. The van der Waals surface area contributed by atoms with Crippen molar-refractivity contribution in [3.05, 3.63) is 11.8 Å². The smallest absolute Gasteiger partial charge is 0.227 e. The monoisotopic (exact) mass is 319 g/mol. The van der Waals surface area contributed by atoms with E-state index in [9.17, 15) is 5.11 Å². The number of β-amino-alcohol motifs (C(OH)–C–C–N with tert-alkyl or cyclic N) is 1. The predicted molar refractivity (Wildman–Crippen MR) is 93.2 cm³/mol. The van der Waals surface area contributed by atoms with Crippen LogP contribution in [0.5, 0.6) is 0 Å². The van der Waals surface area contributed by atoms with E-state index in [1.807, 2.05) is 32.0 Å². The second-order valence-corrected chi connectivity index (χ2v) is 7.26. The van der Waals surface area contributed by atoms with Crippen molar-refractivity contribution in [2.75, 3.05) is 56.6 Å². The van der Waals surface area contributed by atoms with Crippen LogP contribution in [-0.2, 0) is 0 Å². The van der Waals surface area contributed by atoms with Crippen molar-refractivity contribution in [3.63, 3.8) is 0 Å².